The molecule has 0 aliphatic heterocycles. The monoisotopic (exact) mass is 392 g/mol. The van der Waals surface area contributed by atoms with Gasteiger partial charge in [0.1, 0.15) is 23.0 Å². The third-order valence-corrected chi connectivity index (χ3v) is 4.75. The topological polar surface area (TPSA) is 55.6 Å². The minimum Gasteiger partial charge on any atom is -0.325 e. The van der Waals surface area contributed by atoms with Gasteiger partial charge >= 0.3 is 0 Å². The number of hydrogen-bond acceptors (Lipinski definition) is 4. The van der Waals surface area contributed by atoms with E-state index in [4.69, 9.17) is 0 Å². The van der Waals surface area contributed by atoms with Gasteiger partial charge in [-0.15, -0.1) is 0 Å². The van der Waals surface area contributed by atoms with Crippen molar-refractivity contribution in [3.8, 4) is 11.1 Å². The van der Waals surface area contributed by atoms with E-state index in [1.54, 1.807) is 42.2 Å². The van der Waals surface area contributed by atoms with Crippen molar-refractivity contribution in [3.63, 3.8) is 0 Å². The van der Waals surface area contributed by atoms with Gasteiger partial charge in [-0.25, -0.2) is 18.7 Å². The maximum absolute atomic E-state index is 14.7. The second-order valence-electron chi connectivity index (χ2n) is 6.90. The molecule has 4 rings (SSSR count). The first-order chi connectivity index (χ1) is 14.0. The molecular formula is C22H20F2N5. The Labute approximate surface area is 167 Å². The van der Waals surface area contributed by atoms with Gasteiger partial charge in [0, 0.05) is 29.9 Å². The van der Waals surface area contributed by atoms with Gasteiger partial charge in [-0.1, -0.05) is 13.3 Å². The molecule has 3 aromatic heterocycles. The van der Waals surface area contributed by atoms with Gasteiger partial charge in [0.2, 0.25) is 0 Å². The Morgan fingerprint density at radius 1 is 1.07 bits per heavy atom. The number of nitrogens with one attached hydrogen (secondary N) is 1. The summed E-state index contributed by atoms with van der Waals surface area (Å²) in [6.07, 6.45) is 4.39. The van der Waals surface area contributed by atoms with E-state index in [1.807, 2.05) is 6.92 Å². The molecule has 0 aliphatic rings. The molecule has 7 heteroatoms. The summed E-state index contributed by atoms with van der Waals surface area (Å²) in [4.78, 5) is 8.26. The van der Waals surface area contributed by atoms with Gasteiger partial charge in [-0.05, 0) is 54.8 Å². The zero-order chi connectivity index (χ0) is 20.5. The van der Waals surface area contributed by atoms with E-state index >= 15 is 0 Å². The van der Waals surface area contributed by atoms with Crippen LogP contribution in [-0.2, 0) is 13.5 Å². The lowest BCUT2D eigenvalue weighted by Crippen LogP contribution is -1.98. The first kappa shape index (κ1) is 19.0. The summed E-state index contributed by atoms with van der Waals surface area (Å²) in [6, 6.07) is 8.16. The highest BCUT2D eigenvalue weighted by Gasteiger charge is 2.16. The number of anilines is 2. The minimum atomic E-state index is -0.533. The van der Waals surface area contributed by atoms with E-state index in [9.17, 15) is 8.78 Å². The van der Waals surface area contributed by atoms with Crippen molar-refractivity contribution in [2.45, 2.75) is 19.8 Å². The predicted molar refractivity (Wildman–Crippen MR) is 110 cm³/mol. The van der Waals surface area contributed by atoms with Crippen LogP contribution in [0.5, 0.6) is 0 Å². The number of pyridine rings is 2. The van der Waals surface area contributed by atoms with Crippen LogP contribution in [0.1, 0.15) is 24.6 Å². The fourth-order valence-electron chi connectivity index (χ4n) is 3.40. The number of benzene rings is 1. The summed E-state index contributed by atoms with van der Waals surface area (Å²) >= 11 is 0. The van der Waals surface area contributed by atoms with E-state index in [0.717, 1.165) is 30.3 Å². The van der Waals surface area contributed by atoms with Crippen molar-refractivity contribution < 1.29 is 8.78 Å². The number of aryl methyl sites for hydroxylation is 2. The number of fused-ring (bicyclic) bond motifs is 1. The minimum absolute atomic E-state index is 0.250. The summed E-state index contributed by atoms with van der Waals surface area (Å²) in [5.41, 5.74) is 2.69. The summed E-state index contributed by atoms with van der Waals surface area (Å²) in [5, 5.41) is 8.01. The molecule has 0 saturated carbocycles. The van der Waals surface area contributed by atoms with Crippen molar-refractivity contribution in [1.82, 2.24) is 19.7 Å². The molecule has 0 spiro atoms. The number of nitrogens with zero attached hydrogens (tertiary/aromatic N) is 4. The van der Waals surface area contributed by atoms with Crippen LogP contribution in [0.25, 0.3) is 22.0 Å². The SMILES string of the molecule is [CH2]c1ccnc(Nc2cc(-c3cc(F)c4nn(C)c(CCC)c4c3)c(F)cn2)c1. The largest absolute Gasteiger partial charge is 0.325 e. The van der Waals surface area contributed by atoms with E-state index < -0.39 is 11.6 Å². The van der Waals surface area contributed by atoms with E-state index in [1.165, 1.54) is 6.07 Å². The number of aromatic nitrogens is 4. The lowest BCUT2D eigenvalue weighted by molar-refractivity contribution is 0.623. The molecule has 5 nitrogen and oxygen atoms in total. The molecule has 147 valence electrons. The molecule has 1 aromatic carbocycles. The standard InChI is InChI=1S/C22H20F2N5/c1-4-5-19-16-9-14(10-17(23)22(16)28-29(19)3)15-11-21(26-12-18(15)24)27-20-8-13(2)6-7-25-20/h6-12H,2,4-5H2,1,3H3,(H,25,26,27). The van der Waals surface area contributed by atoms with Crippen LogP contribution in [0.3, 0.4) is 0 Å². The quantitative estimate of drug-likeness (QED) is 0.508. The molecule has 0 atom stereocenters. The number of hydrogen-bond donors (Lipinski definition) is 1. The molecule has 0 aliphatic carbocycles. The molecule has 0 bridgehead atoms. The third-order valence-electron chi connectivity index (χ3n) is 4.75. The second-order valence-corrected chi connectivity index (χ2v) is 6.90. The first-order valence-corrected chi connectivity index (χ1v) is 9.32. The van der Waals surface area contributed by atoms with Crippen molar-refractivity contribution in [3.05, 3.63) is 72.5 Å². The van der Waals surface area contributed by atoms with Crippen LogP contribution in [-0.4, -0.2) is 19.7 Å². The number of rotatable bonds is 5. The van der Waals surface area contributed by atoms with Crippen molar-refractivity contribution >= 4 is 22.5 Å². The predicted octanol–water partition coefficient (Wildman–Crippen LogP) is 5.19. The van der Waals surface area contributed by atoms with Crippen molar-refractivity contribution in [2.24, 2.45) is 7.05 Å². The fraction of sp³-hybridized carbons (Fsp3) is 0.182. The Balaban J connectivity index is 1.79. The maximum Gasteiger partial charge on any atom is 0.151 e. The van der Waals surface area contributed by atoms with Crippen LogP contribution < -0.4 is 5.32 Å². The van der Waals surface area contributed by atoms with Gasteiger partial charge in [0.25, 0.3) is 0 Å². The molecule has 0 saturated heterocycles. The highest BCUT2D eigenvalue weighted by atomic mass is 19.1. The van der Waals surface area contributed by atoms with Gasteiger partial charge in [0.15, 0.2) is 5.82 Å². The first-order valence-electron chi connectivity index (χ1n) is 9.32. The van der Waals surface area contributed by atoms with Gasteiger partial charge < -0.3 is 5.32 Å². The zero-order valence-electron chi connectivity index (χ0n) is 16.2. The molecule has 29 heavy (non-hydrogen) atoms. The molecule has 0 unspecified atom stereocenters. The van der Waals surface area contributed by atoms with Crippen LogP contribution >= 0.6 is 0 Å². The molecule has 1 N–H and O–H groups in total. The maximum atomic E-state index is 14.7. The Morgan fingerprint density at radius 3 is 2.62 bits per heavy atom. The van der Waals surface area contributed by atoms with E-state index in [0.29, 0.717) is 28.1 Å². The lowest BCUT2D eigenvalue weighted by Gasteiger charge is -2.09. The molecule has 0 amide bonds. The van der Waals surface area contributed by atoms with Crippen LogP contribution in [0.15, 0.2) is 42.7 Å². The van der Waals surface area contributed by atoms with E-state index in [2.05, 4.69) is 27.3 Å². The lowest BCUT2D eigenvalue weighted by atomic mass is 10.0. The summed E-state index contributed by atoms with van der Waals surface area (Å²) in [6.45, 7) is 5.91. The van der Waals surface area contributed by atoms with Crippen LogP contribution in [0.2, 0.25) is 0 Å². The third kappa shape index (κ3) is 3.68. The molecule has 4 aromatic rings. The van der Waals surface area contributed by atoms with Crippen LogP contribution in [0, 0.1) is 18.6 Å². The highest BCUT2D eigenvalue weighted by Crippen LogP contribution is 2.32. The van der Waals surface area contributed by atoms with Crippen LogP contribution in [0.4, 0.5) is 20.4 Å². The number of halogens is 2. The molecule has 3 heterocycles. The van der Waals surface area contributed by atoms with E-state index in [-0.39, 0.29) is 5.56 Å². The average Bonchev–Trinajstić information content (AvgIpc) is 3.00. The Hall–Kier alpha value is -3.35. The van der Waals surface area contributed by atoms with Crippen molar-refractivity contribution in [1.29, 1.82) is 0 Å². The smallest absolute Gasteiger partial charge is 0.151 e. The Morgan fingerprint density at radius 2 is 1.86 bits per heavy atom. The van der Waals surface area contributed by atoms with Gasteiger partial charge in [0.05, 0.1) is 6.20 Å². The van der Waals surface area contributed by atoms with Gasteiger partial charge in [-0.2, -0.15) is 5.10 Å². The summed E-state index contributed by atoms with van der Waals surface area (Å²) in [5.74, 6) is -0.0663. The Kier molecular flexibility index (Phi) is 4.96. The highest BCUT2D eigenvalue weighted by molar-refractivity contribution is 5.88. The molecular weight excluding hydrogens is 372 g/mol. The average molecular weight is 392 g/mol. The van der Waals surface area contributed by atoms with Crippen molar-refractivity contribution in [2.75, 3.05) is 5.32 Å². The fourth-order valence-corrected chi connectivity index (χ4v) is 3.40. The Bertz CT molecular complexity index is 1200. The second kappa shape index (κ2) is 7.58. The normalized spacial score (nSPS) is 11.2. The molecule has 0 fully saturated rings. The summed E-state index contributed by atoms with van der Waals surface area (Å²) in [7, 11) is 1.79. The molecule has 1 radical (unpaired) electrons. The zero-order valence-corrected chi connectivity index (χ0v) is 16.2. The summed E-state index contributed by atoms with van der Waals surface area (Å²) < 4.78 is 31.0. The van der Waals surface area contributed by atoms with Gasteiger partial charge in [-0.3, -0.25) is 4.68 Å².